The number of aromatic nitrogens is 4. The zero-order valence-electron chi connectivity index (χ0n) is 20.4. The van der Waals surface area contributed by atoms with Crippen molar-refractivity contribution in [3.8, 4) is 0 Å². The van der Waals surface area contributed by atoms with Crippen LogP contribution in [0.3, 0.4) is 0 Å². The van der Waals surface area contributed by atoms with Crippen LogP contribution in [0.5, 0.6) is 0 Å². The average Bonchev–Trinajstić information content (AvgIpc) is 2.92. The van der Waals surface area contributed by atoms with Crippen molar-refractivity contribution in [2.75, 3.05) is 36.5 Å². The van der Waals surface area contributed by atoms with Gasteiger partial charge in [-0.1, -0.05) is 13.0 Å². The van der Waals surface area contributed by atoms with E-state index >= 15 is 0 Å². The first-order valence-electron chi connectivity index (χ1n) is 12.1. The summed E-state index contributed by atoms with van der Waals surface area (Å²) < 4.78 is 14.8. The van der Waals surface area contributed by atoms with E-state index in [0.29, 0.717) is 37.6 Å². The van der Waals surface area contributed by atoms with E-state index in [4.69, 9.17) is 0 Å². The number of anilines is 2. The molecule has 1 aliphatic rings. The molecule has 0 saturated carbocycles. The number of fused-ring (bicyclic) bond motifs is 1. The molecule has 37 heavy (non-hydrogen) atoms. The summed E-state index contributed by atoms with van der Waals surface area (Å²) in [4.78, 5) is 44.0. The van der Waals surface area contributed by atoms with Gasteiger partial charge in [-0.2, -0.15) is 4.39 Å². The van der Waals surface area contributed by atoms with Gasteiger partial charge in [-0.15, -0.1) is 0 Å². The maximum atomic E-state index is 14.8. The number of nitrogens with zero attached hydrogens (tertiary/aromatic N) is 5. The number of nitrogens with one attached hydrogen (secondary N) is 3. The molecule has 0 atom stereocenters. The van der Waals surface area contributed by atoms with Gasteiger partial charge in [0.15, 0.2) is 0 Å². The highest BCUT2D eigenvalue weighted by atomic mass is 19.1. The highest BCUT2D eigenvalue weighted by Crippen LogP contribution is 2.21. The number of halogens is 1. The second-order valence-electron chi connectivity index (χ2n) is 8.82. The van der Waals surface area contributed by atoms with Crippen molar-refractivity contribution >= 4 is 28.4 Å². The molecule has 10 nitrogen and oxygen atoms in total. The fourth-order valence-corrected chi connectivity index (χ4v) is 4.33. The Hall–Kier alpha value is -4.38. The van der Waals surface area contributed by atoms with E-state index in [9.17, 15) is 14.0 Å². The summed E-state index contributed by atoms with van der Waals surface area (Å²) in [6.45, 7) is 5.29. The molecule has 0 spiro atoms. The zero-order chi connectivity index (χ0) is 25.8. The topological polar surface area (TPSA) is 119 Å². The summed E-state index contributed by atoms with van der Waals surface area (Å²) in [7, 11) is 0. The largest absolute Gasteiger partial charge is 0.365 e. The van der Waals surface area contributed by atoms with Gasteiger partial charge in [-0.25, -0.2) is 9.97 Å². The number of carbonyl (C=O) groups excluding carboxylic acids is 1. The third-order valence-electron chi connectivity index (χ3n) is 6.36. The third kappa shape index (κ3) is 5.56. The van der Waals surface area contributed by atoms with E-state index in [0.717, 1.165) is 35.2 Å². The van der Waals surface area contributed by atoms with Crippen LogP contribution in [0, 0.1) is 5.95 Å². The fourth-order valence-electron chi connectivity index (χ4n) is 4.33. The third-order valence-corrected chi connectivity index (χ3v) is 6.36. The number of hydrogen-bond donors (Lipinski definition) is 3. The van der Waals surface area contributed by atoms with E-state index in [2.05, 4.69) is 35.7 Å². The zero-order valence-corrected chi connectivity index (χ0v) is 20.4. The average molecular weight is 503 g/mol. The fraction of sp³-hybridized carbons (Fsp3) is 0.269. The first-order valence-corrected chi connectivity index (χ1v) is 12.1. The minimum absolute atomic E-state index is 0.0313. The SMILES string of the molecule is CCc1cc2ncc(CN3CCN(c4ccc(C(=O)NNc5ccccn5)nc4F)CC3)cc2[nH]c1=O. The molecule has 0 aliphatic carbocycles. The Bertz CT molecular complexity index is 1470. The van der Waals surface area contributed by atoms with Crippen LogP contribution in [0.1, 0.15) is 28.5 Å². The molecule has 4 aromatic rings. The number of H-pyrrole nitrogens is 1. The van der Waals surface area contributed by atoms with Crippen molar-refractivity contribution in [2.45, 2.75) is 19.9 Å². The normalized spacial score (nSPS) is 14.1. The standard InChI is InChI=1S/C26H27FN8O2/c1-2-18-14-20-21(31-25(18)36)13-17(15-29-20)16-34-9-11-35(12-10-34)22-7-6-19(30-24(22)27)26(37)33-32-23-5-3-4-8-28-23/h3-8,13-15H,2,9-12,16H2,1H3,(H,28,32)(H,31,36)(H,33,37). The first-order chi connectivity index (χ1) is 18.0. The first kappa shape index (κ1) is 24.3. The maximum absolute atomic E-state index is 14.8. The minimum atomic E-state index is -0.687. The van der Waals surface area contributed by atoms with Crippen LogP contribution in [0.4, 0.5) is 15.9 Å². The molecule has 1 fully saturated rings. The van der Waals surface area contributed by atoms with Crippen LogP contribution in [0.15, 0.2) is 59.7 Å². The second kappa shape index (κ2) is 10.7. The Morgan fingerprint density at radius 3 is 2.68 bits per heavy atom. The van der Waals surface area contributed by atoms with Crippen LogP contribution < -0.4 is 21.3 Å². The molecule has 0 bridgehead atoms. The number of hydrazine groups is 1. The molecule has 5 rings (SSSR count). The number of rotatable bonds is 7. The Morgan fingerprint density at radius 2 is 1.95 bits per heavy atom. The number of hydrogen-bond acceptors (Lipinski definition) is 8. The van der Waals surface area contributed by atoms with Crippen molar-refractivity contribution in [1.82, 2.24) is 30.3 Å². The summed E-state index contributed by atoms with van der Waals surface area (Å²) in [5.74, 6) is -0.783. The second-order valence-corrected chi connectivity index (χ2v) is 8.82. The highest BCUT2D eigenvalue weighted by Gasteiger charge is 2.22. The van der Waals surface area contributed by atoms with Crippen molar-refractivity contribution in [1.29, 1.82) is 0 Å². The molecule has 190 valence electrons. The minimum Gasteiger partial charge on any atom is -0.365 e. The Morgan fingerprint density at radius 1 is 1.11 bits per heavy atom. The Labute approximate surface area is 212 Å². The van der Waals surface area contributed by atoms with Gasteiger partial charge in [-0.3, -0.25) is 30.3 Å². The lowest BCUT2D eigenvalue weighted by molar-refractivity contribution is 0.0956. The predicted molar refractivity (Wildman–Crippen MR) is 139 cm³/mol. The summed E-state index contributed by atoms with van der Waals surface area (Å²) in [5, 5.41) is 0. The van der Waals surface area contributed by atoms with Crippen LogP contribution in [-0.2, 0) is 13.0 Å². The van der Waals surface area contributed by atoms with E-state index in [1.54, 1.807) is 30.5 Å². The molecule has 11 heteroatoms. The van der Waals surface area contributed by atoms with Gasteiger partial charge in [0.2, 0.25) is 5.95 Å². The van der Waals surface area contributed by atoms with Crippen LogP contribution in [0.2, 0.25) is 0 Å². The van der Waals surface area contributed by atoms with Gasteiger partial charge >= 0.3 is 0 Å². The van der Waals surface area contributed by atoms with E-state index < -0.39 is 11.9 Å². The maximum Gasteiger partial charge on any atom is 0.288 e. The molecule has 3 N–H and O–H groups in total. The van der Waals surface area contributed by atoms with Crippen molar-refractivity contribution < 1.29 is 9.18 Å². The molecule has 0 unspecified atom stereocenters. The lowest BCUT2D eigenvalue weighted by Crippen LogP contribution is -2.46. The number of piperazine rings is 1. The summed E-state index contributed by atoms with van der Waals surface area (Å²) in [6, 6.07) is 12.1. The Balaban J connectivity index is 1.18. The molecular formula is C26H27FN8O2. The van der Waals surface area contributed by atoms with Crippen LogP contribution >= 0.6 is 0 Å². The Kier molecular flexibility index (Phi) is 7.04. The lowest BCUT2D eigenvalue weighted by atomic mass is 10.1. The van der Waals surface area contributed by atoms with Crippen molar-refractivity contribution in [3.63, 3.8) is 0 Å². The predicted octanol–water partition coefficient (Wildman–Crippen LogP) is 2.49. The van der Waals surface area contributed by atoms with Crippen molar-refractivity contribution in [2.24, 2.45) is 0 Å². The molecule has 4 aromatic heterocycles. The molecule has 1 saturated heterocycles. The van der Waals surface area contributed by atoms with E-state index in [1.807, 2.05) is 30.2 Å². The quantitative estimate of drug-likeness (QED) is 0.261. The number of carbonyl (C=O) groups is 1. The van der Waals surface area contributed by atoms with Gasteiger partial charge in [-0.05, 0) is 48.4 Å². The van der Waals surface area contributed by atoms with Crippen LogP contribution in [-0.4, -0.2) is 56.9 Å². The number of amides is 1. The number of aryl methyl sites for hydroxylation is 1. The highest BCUT2D eigenvalue weighted by molar-refractivity contribution is 5.93. The van der Waals surface area contributed by atoms with E-state index in [1.165, 1.54) is 6.07 Å². The number of pyridine rings is 4. The monoisotopic (exact) mass is 502 g/mol. The van der Waals surface area contributed by atoms with Gasteiger partial charge < -0.3 is 9.88 Å². The lowest BCUT2D eigenvalue weighted by Gasteiger charge is -2.36. The van der Waals surface area contributed by atoms with E-state index in [-0.39, 0.29) is 11.3 Å². The molecular weight excluding hydrogens is 475 g/mol. The molecule has 0 aromatic carbocycles. The van der Waals surface area contributed by atoms with Gasteiger partial charge in [0.05, 0.1) is 16.7 Å². The molecule has 1 amide bonds. The van der Waals surface area contributed by atoms with Crippen molar-refractivity contribution in [3.05, 3.63) is 88.0 Å². The molecule has 0 radical (unpaired) electrons. The molecule has 5 heterocycles. The number of aromatic amines is 1. The van der Waals surface area contributed by atoms with Gasteiger partial charge in [0, 0.05) is 50.7 Å². The van der Waals surface area contributed by atoms with Gasteiger partial charge in [0.25, 0.3) is 11.5 Å². The molecule has 1 aliphatic heterocycles. The van der Waals surface area contributed by atoms with Gasteiger partial charge in [0.1, 0.15) is 11.5 Å². The summed E-state index contributed by atoms with van der Waals surface area (Å²) in [5.41, 5.74) is 8.62. The smallest absolute Gasteiger partial charge is 0.288 e. The van der Waals surface area contributed by atoms with Crippen LogP contribution in [0.25, 0.3) is 11.0 Å². The summed E-state index contributed by atoms with van der Waals surface area (Å²) in [6.07, 6.45) is 4.08. The summed E-state index contributed by atoms with van der Waals surface area (Å²) >= 11 is 0.